The number of fused-ring (bicyclic) bond motifs is 2. The van der Waals surface area contributed by atoms with Crippen LogP contribution >= 0.6 is 0 Å². The van der Waals surface area contributed by atoms with Gasteiger partial charge in [-0.2, -0.15) is 5.10 Å². The zero-order valence-electron chi connectivity index (χ0n) is 13.1. The molecule has 1 aromatic heterocycles. The summed E-state index contributed by atoms with van der Waals surface area (Å²) in [6.07, 6.45) is 7.47. The summed E-state index contributed by atoms with van der Waals surface area (Å²) < 4.78 is 7.89. The van der Waals surface area contributed by atoms with Crippen molar-refractivity contribution >= 4 is 5.91 Å². The summed E-state index contributed by atoms with van der Waals surface area (Å²) in [5.74, 6) is 0.398. The van der Waals surface area contributed by atoms with Gasteiger partial charge in [-0.05, 0) is 19.3 Å². The van der Waals surface area contributed by atoms with Gasteiger partial charge in [-0.1, -0.05) is 0 Å². The van der Waals surface area contributed by atoms with Gasteiger partial charge < -0.3 is 9.64 Å². The number of morpholine rings is 1. The van der Waals surface area contributed by atoms with E-state index in [0.717, 1.165) is 52.0 Å². The molecule has 120 valence electrons. The van der Waals surface area contributed by atoms with E-state index in [1.165, 1.54) is 5.56 Å². The molecule has 0 spiro atoms. The number of amides is 1. The molecule has 22 heavy (non-hydrogen) atoms. The van der Waals surface area contributed by atoms with Crippen LogP contribution in [0.15, 0.2) is 12.4 Å². The molecular weight excluding hydrogens is 280 g/mol. The molecule has 0 N–H and O–H groups in total. The van der Waals surface area contributed by atoms with Crippen molar-refractivity contribution in [1.29, 1.82) is 0 Å². The largest absolute Gasteiger partial charge is 0.371 e. The molecule has 1 aromatic rings. The maximum absolute atomic E-state index is 12.7. The van der Waals surface area contributed by atoms with Crippen LogP contribution in [-0.2, 0) is 23.1 Å². The molecule has 0 aromatic carbocycles. The van der Waals surface area contributed by atoms with Crippen LogP contribution in [0.2, 0.25) is 0 Å². The predicted molar refractivity (Wildman–Crippen MR) is 81.1 cm³/mol. The number of hydrogen-bond acceptors (Lipinski definition) is 4. The summed E-state index contributed by atoms with van der Waals surface area (Å²) in [6, 6.07) is 0. The Balaban J connectivity index is 1.40. The molecule has 0 saturated carbocycles. The van der Waals surface area contributed by atoms with E-state index < -0.39 is 0 Å². The molecule has 6 nitrogen and oxygen atoms in total. The van der Waals surface area contributed by atoms with Crippen molar-refractivity contribution in [2.24, 2.45) is 13.0 Å². The van der Waals surface area contributed by atoms with Crippen molar-refractivity contribution in [1.82, 2.24) is 19.6 Å². The smallest absolute Gasteiger partial charge is 0.228 e. The number of rotatable bonds is 3. The zero-order chi connectivity index (χ0) is 15.1. The molecule has 6 heteroatoms. The van der Waals surface area contributed by atoms with E-state index in [0.29, 0.717) is 5.91 Å². The predicted octanol–water partition coefficient (Wildman–Crippen LogP) is 0.632. The Morgan fingerprint density at radius 3 is 2.91 bits per heavy atom. The van der Waals surface area contributed by atoms with Gasteiger partial charge in [0.15, 0.2) is 0 Å². The molecule has 3 atom stereocenters. The minimum atomic E-state index is 0.0713. The highest BCUT2D eigenvalue weighted by atomic mass is 16.5. The van der Waals surface area contributed by atoms with E-state index in [2.05, 4.69) is 16.2 Å². The van der Waals surface area contributed by atoms with Crippen LogP contribution < -0.4 is 0 Å². The number of hydrogen-bond donors (Lipinski definition) is 0. The number of nitrogens with zero attached hydrogens (tertiary/aromatic N) is 4. The van der Waals surface area contributed by atoms with E-state index >= 15 is 0 Å². The van der Waals surface area contributed by atoms with Gasteiger partial charge in [-0.25, -0.2) is 0 Å². The number of aromatic nitrogens is 2. The highest BCUT2D eigenvalue weighted by molar-refractivity contribution is 5.80. The van der Waals surface area contributed by atoms with Crippen LogP contribution in [0.1, 0.15) is 24.8 Å². The second-order valence-electron chi connectivity index (χ2n) is 6.89. The molecule has 0 radical (unpaired) electrons. The third-order valence-corrected chi connectivity index (χ3v) is 5.13. The van der Waals surface area contributed by atoms with Gasteiger partial charge >= 0.3 is 0 Å². The maximum Gasteiger partial charge on any atom is 0.228 e. The quantitative estimate of drug-likeness (QED) is 0.822. The lowest BCUT2D eigenvalue weighted by atomic mass is 9.99. The lowest BCUT2D eigenvalue weighted by Gasteiger charge is -2.32. The van der Waals surface area contributed by atoms with Gasteiger partial charge in [0.25, 0.3) is 0 Å². The Labute approximate surface area is 131 Å². The molecule has 4 rings (SSSR count). The first-order valence-electron chi connectivity index (χ1n) is 8.33. The van der Waals surface area contributed by atoms with Gasteiger partial charge in [0.2, 0.25) is 5.91 Å². The van der Waals surface area contributed by atoms with E-state index in [1.807, 2.05) is 22.8 Å². The summed E-state index contributed by atoms with van der Waals surface area (Å²) in [5, 5.41) is 4.23. The lowest BCUT2D eigenvalue weighted by molar-refractivity contribution is -0.137. The molecule has 0 aliphatic carbocycles. The Hall–Kier alpha value is -1.40. The monoisotopic (exact) mass is 304 g/mol. The highest BCUT2D eigenvalue weighted by Gasteiger charge is 2.46. The maximum atomic E-state index is 12.7. The van der Waals surface area contributed by atoms with Crippen molar-refractivity contribution in [2.75, 3.05) is 26.2 Å². The van der Waals surface area contributed by atoms with Gasteiger partial charge in [0, 0.05) is 51.5 Å². The SMILES string of the molecule is Cn1cc(CN2CC3CC(C(=O)N4CCCC4)C(C2)O3)cn1. The van der Waals surface area contributed by atoms with E-state index in [4.69, 9.17) is 4.74 Å². The summed E-state index contributed by atoms with van der Waals surface area (Å²) in [7, 11) is 1.94. The molecule has 3 aliphatic heterocycles. The Morgan fingerprint density at radius 1 is 1.36 bits per heavy atom. The van der Waals surface area contributed by atoms with Crippen LogP contribution in [0.5, 0.6) is 0 Å². The van der Waals surface area contributed by atoms with Gasteiger partial charge in [-0.15, -0.1) is 0 Å². The van der Waals surface area contributed by atoms with E-state index in [1.54, 1.807) is 0 Å². The third kappa shape index (κ3) is 2.65. The normalized spacial score (nSPS) is 31.9. The summed E-state index contributed by atoms with van der Waals surface area (Å²) >= 11 is 0. The second kappa shape index (κ2) is 5.66. The molecular formula is C16H24N4O2. The number of carbonyl (C=O) groups is 1. The van der Waals surface area contributed by atoms with Crippen LogP contribution in [0.3, 0.4) is 0 Å². The Kier molecular flexibility index (Phi) is 3.66. The van der Waals surface area contributed by atoms with Crippen molar-refractivity contribution in [3.8, 4) is 0 Å². The van der Waals surface area contributed by atoms with Crippen LogP contribution in [0.25, 0.3) is 0 Å². The third-order valence-electron chi connectivity index (χ3n) is 5.13. The van der Waals surface area contributed by atoms with Gasteiger partial charge in [0.05, 0.1) is 24.3 Å². The standard InChI is InChI=1S/C16H24N4O2/c1-18-8-12(7-17-18)9-19-10-13-6-14(15(11-19)22-13)16(21)20-4-2-3-5-20/h7-8,13-15H,2-6,9-11H2,1H3. The van der Waals surface area contributed by atoms with E-state index in [-0.39, 0.29) is 18.1 Å². The van der Waals surface area contributed by atoms with Crippen LogP contribution in [0.4, 0.5) is 0 Å². The minimum absolute atomic E-state index is 0.0713. The summed E-state index contributed by atoms with van der Waals surface area (Å²) in [6.45, 7) is 4.55. The molecule has 3 saturated heterocycles. The molecule has 4 heterocycles. The van der Waals surface area contributed by atoms with Crippen molar-refractivity contribution in [3.63, 3.8) is 0 Å². The Bertz CT molecular complexity index is 552. The van der Waals surface area contributed by atoms with Crippen LogP contribution in [0, 0.1) is 5.92 Å². The van der Waals surface area contributed by atoms with Gasteiger partial charge in [-0.3, -0.25) is 14.4 Å². The fraction of sp³-hybridized carbons (Fsp3) is 0.750. The molecule has 1 amide bonds. The van der Waals surface area contributed by atoms with Crippen molar-refractivity contribution in [3.05, 3.63) is 18.0 Å². The number of aryl methyl sites for hydroxylation is 1. The topological polar surface area (TPSA) is 50.6 Å². The fourth-order valence-electron chi connectivity index (χ4n) is 4.11. The average Bonchev–Trinajstić information content (AvgIpc) is 3.20. The first-order chi connectivity index (χ1) is 10.7. The number of likely N-dealkylation sites (tertiary alicyclic amines) is 2. The highest BCUT2D eigenvalue weighted by Crippen LogP contribution is 2.34. The summed E-state index contributed by atoms with van der Waals surface area (Å²) in [5.41, 5.74) is 1.23. The molecule has 3 unspecified atom stereocenters. The minimum Gasteiger partial charge on any atom is -0.371 e. The number of ether oxygens (including phenoxy) is 1. The summed E-state index contributed by atoms with van der Waals surface area (Å²) in [4.78, 5) is 17.1. The zero-order valence-corrected chi connectivity index (χ0v) is 13.1. The second-order valence-corrected chi connectivity index (χ2v) is 6.89. The first-order valence-corrected chi connectivity index (χ1v) is 8.33. The molecule has 3 fully saturated rings. The average molecular weight is 304 g/mol. The van der Waals surface area contributed by atoms with Crippen LogP contribution in [-0.4, -0.2) is 63.9 Å². The fourth-order valence-corrected chi connectivity index (χ4v) is 4.11. The first kappa shape index (κ1) is 14.2. The van der Waals surface area contributed by atoms with Crippen molar-refractivity contribution in [2.45, 2.75) is 38.0 Å². The molecule has 3 aliphatic rings. The Morgan fingerprint density at radius 2 is 2.18 bits per heavy atom. The van der Waals surface area contributed by atoms with Crippen molar-refractivity contribution < 1.29 is 9.53 Å². The lowest BCUT2D eigenvalue weighted by Crippen LogP contribution is -2.45. The van der Waals surface area contributed by atoms with E-state index in [9.17, 15) is 4.79 Å². The molecule has 2 bridgehead atoms. The van der Waals surface area contributed by atoms with Gasteiger partial charge in [0.1, 0.15) is 0 Å². The number of carbonyl (C=O) groups excluding carboxylic acids is 1.